The molecule has 0 heterocycles. The standard InChI is InChI=1S/C12H18O.C5H12.C2H6.C2H4.CH2O/c1-4-7-10-8-6-9-12(13-3)11(10)5-2;1-3-5-4-2;3*1-2/h6,8-9H,4-5,7H2,1-3H3;3-5H2,1-2H3;1-2H3;1-2H2;1H2. The van der Waals surface area contributed by atoms with Crippen molar-refractivity contribution in [1.82, 2.24) is 0 Å². The second kappa shape index (κ2) is 29.4. The van der Waals surface area contributed by atoms with Gasteiger partial charge in [-0.05, 0) is 30.0 Å². The van der Waals surface area contributed by atoms with Crippen molar-refractivity contribution in [3.05, 3.63) is 42.5 Å². The zero-order valence-electron chi connectivity index (χ0n) is 17.4. The number of benzene rings is 1. The highest BCUT2D eigenvalue weighted by Crippen LogP contribution is 2.23. The van der Waals surface area contributed by atoms with Crippen LogP contribution in [0.2, 0.25) is 0 Å². The maximum absolute atomic E-state index is 8.00. The highest BCUT2D eigenvalue weighted by molar-refractivity contribution is 5.40. The number of hydrogen-bond acceptors (Lipinski definition) is 2. The molecule has 0 spiro atoms. The summed E-state index contributed by atoms with van der Waals surface area (Å²) in [6.07, 6.45) is 7.48. The third-order valence-electron chi connectivity index (χ3n) is 3.03. The van der Waals surface area contributed by atoms with Crippen molar-refractivity contribution in [2.45, 2.75) is 80.1 Å². The Morgan fingerprint density at radius 3 is 1.71 bits per heavy atom. The molecule has 0 aliphatic heterocycles. The molecule has 2 heteroatoms. The van der Waals surface area contributed by atoms with Crippen molar-refractivity contribution in [1.29, 1.82) is 0 Å². The van der Waals surface area contributed by atoms with E-state index in [4.69, 9.17) is 9.53 Å². The van der Waals surface area contributed by atoms with E-state index >= 15 is 0 Å². The summed E-state index contributed by atoms with van der Waals surface area (Å²) >= 11 is 0. The van der Waals surface area contributed by atoms with Crippen molar-refractivity contribution in [2.75, 3.05) is 7.11 Å². The van der Waals surface area contributed by atoms with E-state index in [1.165, 1.54) is 36.8 Å². The van der Waals surface area contributed by atoms with E-state index in [0.29, 0.717) is 0 Å². The largest absolute Gasteiger partial charge is 0.496 e. The predicted octanol–water partition coefficient (Wildman–Crippen LogP) is 7.05. The van der Waals surface area contributed by atoms with E-state index in [-0.39, 0.29) is 0 Å². The second-order valence-corrected chi connectivity index (χ2v) is 4.56. The molecular weight excluding hydrogens is 296 g/mol. The quantitative estimate of drug-likeness (QED) is 0.519. The first-order valence-electron chi connectivity index (χ1n) is 9.18. The minimum Gasteiger partial charge on any atom is -0.496 e. The molecule has 0 unspecified atom stereocenters. The molecule has 0 saturated carbocycles. The highest BCUT2D eigenvalue weighted by atomic mass is 16.5. The second-order valence-electron chi connectivity index (χ2n) is 4.56. The normalized spacial score (nSPS) is 7.79. The fourth-order valence-electron chi connectivity index (χ4n) is 2.06. The molecule has 1 aromatic carbocycles. The van der Waals surface area contributed by atoms with Crippen LogP contribution in [0.3, 0.4) is 0 Å². The Hall–Kier alpha value is -1.57. The van der Waals surface area contributed by atoms with Crippen LogP contribution in [0.5, 0.6) is 5.75 Å². The van der Waals surface area contributed by atoms with Crippen LogP contribution in [-0.2, 0) is 17.6 Å². The van der Waals surface area contributed by atoms with Gasteiger partial charge in [0.15, 0.2) is 0 Å². The van der Waals surface area contributed by atoms with Crippen molar-refractivity contribution < 1.29 is 9.53 Å². The van der Waals surface area contributed by atoms with Crippen LogP contribution >= 0.6 is 0 Å². The van der Waals surface area contributed by atoms with E-state index in [1.54, 1.807) is 7.11 Å². The van der Waals surface area contributed by atoms with E-state index in [9.17, 15) is 0 Å². The van der Waals surface area contributed by atoms with Gasteiger partial charge >= 0.3 is 0 Å². The zero-order valence-corrected chi connectivity index (χ0v) is 17.4. The van der Waals surface area contributed by atoms with Crippen LogP contribution in [0.15, 0.2) is 31.4 Å². The number of carbonyl (C=O) groups excluding carboxylic acids is 1. The molecule has 0 atom stereocenters. The van der Waals surface area contributed by atoms with Gasteiger partial charge in [0.25, 0.3) is 0 Å². The molecule has 0 N–H and O–H groups in total. The van der Waals surface area contributed by atoms with Crippen molar-refractivity contribution in [2.24, 2.45) is 0 Å². The van der Waals surface area contributed by atoms with E-state index in [2.05, 4.69) is 53.0 Å². The van der Waals surface area contributed by atoms with Crippen LogP contribution in [-0.4, -0.2) is 13.9 Å². The van der Waals surface area contributed by atoms with Gasteiger partial charge in [-0.15, -0.1) is 13.2 Å². The molecule has 0 amide bonds. The number of unbranched alkanes of at least 4 members (excludes halogenated alkanes) is 2. The number of ether oxygens (including phenoxy) is 1. The van der Waals surface area contributed by atoms with Gasteiger partial charge < -0.3 is 9.53 Å². The number of hydrogen-bond donors (Lipinski definition) is 0. The summed E-state index contributed by atoms with van der Waals surface area (Å²) in [7, 11) is 1.74. The monoisotopic (exact) mass is 338 g/mol. The maximum Gasteiger partial charge on any atom is 0.122 e. The molecule has 142 valence electrons. The van der Waals surface area contributed by atoms with Crippen LogP contribution < -0.4 is 4.74 Å². The van der Waals surface area contributed by atoms with E-state index in [0.717, 1.165) is 18.6 Å². The Bertz CT molecular complexity index is 331. The van der Waals surface area contributed by atoms with Gasteiger partial charge in [0.1, 0.15) is 12.5 Å². The summed E-state index contributed by atoms with van der Waals surface area (Å²) in [5.74, 6) is 1.04. The lowest BCUT2D eigenvalue weighted by molar-refractivity contribution is -0.0979. The van der Waals surface area contributed by atoms with Gasteiger partial charge in [-0.3, -0.25) is 0 Å². The van der Waals surface area contributed by atoms with Crippen molar-refractivity contribution in [3.8, 4) is 5.75 Å². The Balaban J connectivity index is -0.000000153. The first-order chi connectivity index (χ1) is 11.7. The first kappa shape index (κ1) is 30.3. The first-order valence-corrected chi connectivity index (χ1v) is 9.18. The number of aryl methyl sites for hydroxylation is 1. The van der Waals surface area contributed by atoms with Crippen molar-refractivity contribution in [3.63, 3.8) is 0 Å². The molecular formula is C22H42O2. The predicted molar refractivity (Wildman–Crippen MR) is 111 cm³/mol. The van der Waals surface area contributed by atoms with E-state index < -0.39 is 0 Å². The third kappa shape index (κ3) is 16.8. The zero-order chi connectivity index (χ0) is 19.8. The van der Waals surface area contributed by atoms with Gasteiger partial charge in [-0.25, -0.2) is 0 Å². The summed E-state index contributed by atoms with van der Waals surface area (Å²) in [5.41, 5.74) is 2.80. The summed E-state index contributed by atoms with van der Waals surface area (Å²) in [5, 5.41) is 0. The maximum atomic E-state index is 8.00. The number of carbonyl (C=O) groups is 1. The molecule has 2 nitrogen and oxygen atoms in total. The van der Waals surface area contributed by atoms with Crippen LogP contribution in [0.4, 0.5) is 0 Å². The third-order valence-corrected chi connectivity index (χ3v) is 3.03. The number of methoxy groups -OCH3 is 1. The average molecular weight is 339 g/mol. The Morgan fingerprint density at radius 2 is 1.42 bits per heavy atom. The van der Waals surface area contributed by atoms with Gasteiger partial charge in [0, 0.05) is 0 Å². The minimum absolute atomic E-state index is 1.04. The fourth-order valence-corrected chi connectivity index (χ4v) is 2.06. The lowest BCUT2D eigenvalue weighted by Gasteiger charge is -2.11. The van der Waals surface area contributed by atoms with Gasteiger partial charge in [0.05, 0.1) is 7.11 Å². The molecule has 0 aliphatic rings. The smallest absolute Gasteiger partial charge is 0.122 e. The molecule has 0 fully saturated rings. The Morgan fingerprint density at radius 1 is 0.917 bits per heavy atom. The fraction of sp³-hybridized carbons (Fsp3) is 0.591. The summed E-state index contributed by atoms with van der Waals surface area (Å²) in [4.78, 5) is 8.00. The minimum atomic E-state index is 1.04. The van der Waals surface area contributed by atoms with Crippen LogP contribution in [0.1, 0.15) is 78.4 Å². The van der Waals surface area contributed by atoms with Gasteiger partial charge in [-0.2, -0.15) is 0 Å². The molecule has 1 rings (SSSR count). The lowest BCUT2D eigenvalue weighted by atomic mass is 10.0. The molecule has 0 aliphatic carbocycles. The Labute approximate surface area is 152 Å². The highest BCUT2D eigenvalue weighted by Gasteiger charge is 2.05. The molecule has 0 bridgehead atoms. The summed E-state index contributed by atoms with van der Waals surface area (Å²) in [6.45, 7) is 20.8. The van der Waals surface area contributed by atoms with E-state index in [1.807, 2.05) is 26.7 Å². The number of rotatable bonds is 6. The lowest BCUT2D eigenvalue weighted by Crippen LogP contribution is -1.96. The van der Waals surface area contributed by atoms with Crippen LogP contribution in [0.25, 0.3) is 0 Å². The van der Waals surface area contributed by atoms with Gasteiger partial charge in [0.2, 0.25) is 0 Å². The van der Waals surface area contributed by atoms with Crippen LogP contribution in [0, 0.1) is 0 Å². The SMILES string of the molecule is C=C.C=O.CC.CCCCC.CCCc1cccc(OC)c1CC. The average Bonchev–Trinajstić information content (AvgIpc) is 2.68. The molecule has 24 heavy (non-hydrogen) atoms. The topological polar surface area (TPSA) is 26.3 Å². The van der Waals surface area contributed by atoms with Gasteiger partial charge in [-0.1, -0.05) is 79.4 Å². The molecule has 0 aromatic heterocycles. The summed E-state index contributed by atoms with van der Waals surface area (Å²) < 4.78 is 5.32. The molecule has 1 aromatic rings. The summed E-state index contributed by atoms with van der Waals surface area (Å²) in [6, 6.07) is 6.31. The van der Waals surface area contributed by atoms with Crippen molar-refractivity contribution >= 4 is 6.79 Å². The molecule has 0 saturated heterocycles. The Kier molecular flexibility index (Phi) is 37.2. The molecule has 0 radical (unpaired) electrons.